The van der Waals surface area contributed by atoms with Gasteiger partial charge in [0, 0.05) is 12.1 Å². The largest absolute Gasteiger partial charge is 0.327 e. The van der Waals surface area contributed by atoms with E-state index in [1.165, 1.54) is 23.6 Å². The second-order valence-electron chi connectivity index (χ2n) is 4.65. The molecule has 0 fully saturated rings. The first kappa shape index (κ1) is 15.7. The number of halogens is 1. The molecule has 2 N–H and O–H groups in total. The number of carbonyl (C=O) groups excluding carboxylic acids is 1. The summed E-state index contributed by atoms with van der Waals surface area (Å²) in [5, 5.41) is 12.1. The molecule has 0 saturated heterocycles. The highest BCUT2D eigenvalue weighted by Crippen LogP contribution is 2.26. The molecule has 8 heteroatoms. The number of carbonyl (C=O) groups is 1. The average Bonchev–Trinajstić information content (AvgIpc) is 2.90. The molecule has 2 heterocycles. The fraction of sp³-hybridized carbons (Fsp3) is 0.385. The Labute approximate surface area is 130 Å². The number of hydrogen-bond donors (Lipinski definition) is 2. The number of H-pyrrole nitrogens is 1. The number of amides is 1. The van der Waals surface area contributed by atoms with Crippen LogP contribution >= 0.6 is 22.9 Å². The zero-order valence-electron chi connectivity index (χ0n) is 11.6. The number of aromatic nitrogens is 3. The van der Waals surface area contributed by atoms with Crippen molar-refractivity contribution in [3.05, 3.63) is 38.2 Å². The molecule has 1 unspecified atom stereocenters. The van der Waals surface area contributed by atoms with Gasteiger partial charge in [-0.3, -0.25) is 14.9 Å². The Balaban J connectivity index is 2.13. The Morgan fingerprint density at radius 1 is 1.52 bits per heavy atom. The fourth-order valence-electron chi connectivity index (χ4n) is 1.83. The number of pyridine rings is 1. The van der Waals surface area contributed by atoms with Gasteiger partial charge in [-0.15, -0.1) is 10.2 Å². The van der Waals surface area contributed by atoms with Crippen molar-refractivity contribution >= 4 is 34.0 Å². The summed E-state index contributed by atoms with van der Waals surface area (Å²) in [5.41, 5.74) is -0.554. The van der Waals surface area contributed by atoms with E-state index >= 15 is 0 Å². The van der Waals surface area contributed by atoms with Crippen molar-refractivity contribution in [2.45, 2.75) is 32.6 Å². The van der Waals surface area contributed by atoms with E-state index in [4.69, 9.17) is 11.6 Å². The molecule has 0 aliphatic carbocycles. The van der Waals surface area contributed by atoms with E-state index in [0.717, 1.165) is 17.8 Å². The summed E-state index contributed by atoms with van der Waals surface area (Å²) in [7, 11) is 0. The van der Waals surface area contributed by atoms with Crippen LogP contribution in [0.5, 0.6) is 0 Å². The molecule has 0 spiro atoms. The SMILES string of the molecule is CCCC(C)c1nnc(NC(=O)c2cc(Cl)c[nH]c2=O)s1. The third-order valence-electron chi connectivity index (χ3n) is 2.92. The summed E-state index contributed by atoms with van der Waals surface area (Å²) in [6.45, 7) is 4.17. The summed E-state index contributed by atoms with van der Waals surface area (Å²) in [6.07, 6.45) is 3.40. The molecular formula is C13H15ClN4O2S. The van der Waals surface area contributed by atoms with Crippen LogP contribution in [0.1, 0.15) is 48.0 Å². The lowest BCUT2D eigenvalue weighted by atomic mass is 10.1. The van der Waals surface area contributed by atoms with Crippen molar-refractivity contribution in [3.8, 4) is 0 Å². The predicted molar refractivity (Wildman–Crippen MR) is 83.3 cm³/mol. The van der Waals surface area contributed by atoms with Gasteiger partial charge in [-0.05, 0) is 12.5 Å². The number of rotatable bonds is 5. The van der Waals surface area contributed by atoms with E-state index in [0.29, 0.717) is 11.0 Å². The zero-order valence-corrected chi connectivity index (χ0v) is 13.2. The van der Waals surface area contributed by atoms with Gasteiger partial charge >= 0.3 is 0 Å². The van der Waals surface area contributed by atoms with Gasteiger partial charge in [-0.25, -0.2) is 0 Å². The average molecular weight is 327 g/mol. The van der Waals surface area contributed by atoms with E-state index < -0.39 is 11.5 Å². The molecule has 2 aromatic heterocycles. The van der Waals surface area contributed by atoms with Crippen LogP contribution in [0.3, 0.4) is 0 Å². The number of nitrogens with one attached hydrogen (secondary N) is 2. The predicted octanol–water partition coefficient (Wildman–Crippen LogP) is 3.04. The molecule has 0 saturated carbocycles. The Kier molecular flexibility index (Phi) is 5.08. The van der Waals surface area contributed by atoms with E-state index in [-0.39, 0.29) is 10.6 Å². The Bertz CT molecular complexity index is 697. The number of hydrogen-bond acceptors (Lipinski definition) is 5. The van der Waals surface area contributed by atoms with Crippen LogP contribution < -0.4 is 10.9 Å². The normalized spacial score (nSPS) is 12.1. The third-order valence-corrected chi connectivity index (χ3v) is 4.21. The Hall–Kier alpha value is -1.73. The molecule has 1 amide bonds. The van der Waals surface area contributed by atoms with Crippen LogP contribution in [0.2, 0.25) is 5.02 Å². The first-order valence-electron chi connectivity index (χ1n) is 6.54. The summed E-state index contributed by atoms with van der Waals surface area (Å²) in [6, 6.07) is 1.32. The molecule has 0 aliphatic rings. The number of nitrogens with zero attached hydrogens (tertiary/aromatic N) is 2. The van der Waals surface area contributed by atoms with Crippen LogP contribution in [-0.2, 0) is 0 Å². The van der Waals surface area contributed by atoms with Gasteiger partial charge in [0.1, 0.15) is 10.6 Å². The first-order chi connectivity index (χ1) is 10.0. The van der Waals surface area contributed by atoms with Crippen molar-refractivity contribution in [1.29, 1.82) is 0 Å². The molecule has 6 nitrogen and oxygen atoms in total. The van der Waals surface area contributed by atoms with E-state index in [1.807, 2.05) is 0 Å². The molecule has 2 rings (SSSR count). The lowest BCUT2D eigenvalue weighted by Gasteiger charge is -2.03. The first-order valence-corrected chi connectivity index (χ1v) is 7.73. The second kappa shape index (κ2) is 6.82. The Morgan fingerprint density at radius 3 is 3.00 bits per heavy atom. The molecule has 1 atom stereocenters. The highest BCUT2D eigenvalue weighted by molar-refractivity contribution is 7.15. The summed E-state index contributed by atoms with van der Waals surface area (Å²) >= 11 is 7.08. The van der Waals surface area contributed by atoms with Crippen molar-refractivity contribution < 1.29 is 4.79 Å². The molecular weight excluding hydrogens is 312 g/mol. The van der Waals surface area contributed by atoms with Crippen molar-refractivity contribution in [2.24, 2.45) is 0 Å². The summed E-state index contributed by atoms with van der Waals surface area (Å²) < 4.78 is 0. The minimum atomic E-state index is -0.551. The Morgan fingerprint density at radius 2 is 2.29 bits per heavy atom. The maximum atomic E-state index is 12.0. The standard InChI is InChI=1S/C13H15ClN4O2S/c1-3-4-7(2)12-17-18-13(21-12)16-11(20)9-5-8(14)6-15-10(9)19/h5-7H,3-4H2,1-2H3,(H,15,19)(H,16,18,20). The van der Waals surface area contributed by atoms with Gasteiger partial charge in [-0.2, -0.15) is 0 Å². The van der Waals surface area contributed by atoms with Gasteiger partial charge in [0.15, 0.2) is 0 Å². The molecule has 0 aromatic carbocycles. The molecule has 0 aliphatic heterocycles. The van der Waals surface area contributed by atoms with E-state index in [9.17, 15) is 9.59 Å². The number of aromatic amines is 1. The third kappa shape index (κ3) is 3.89. The van der Waals surface area contributed by atoms with E-state index in [1.54, 1.807) is 0 Å². The lowest BCUT2D eigenvalue weighted by Crippen LogP contribution is -2.22. The van der Waals surface area contributed by atoms with Crippen molar-refractivity contribution in [3.63, 3.8) is 0 Å². The lowest BCUT2D eigenvalue weighted by molar-refractivity contribution is 0.102. The smallest absolute Gasteiger partial charge is 0.263 e. The van der Waals surface area contributed by atoms with Crippen LogP contribution in [0, 0.1) is 0 Å². The maximum absolute atomic E-state index is 12.0. The topological polar surface area (TPSA) is 87.7 Å². The molecule has 0 radical (unpaired) electrons. The van der Waals surface area contributed by atoms with Crippen LogP contribution in [-0.4, -0.2) is 21.1 Å². The molecule has 21 heavy (non-hydrogen) atoms. The quantitative estimate of drug-likeness (QED) is 0.884. The van der Waals surface area contributed by atoms with Crippen LogP contribution in [0.25, 0.3) is 0 Å². The molecule has 112 valence electrons. The van der Waals surface area contributed by atoms with Crippen LogP contribution in [0.4, 0.5) is 5.13 Å². The van der Waals surface area contributed by atoms with Gasteiger partial charge in [0.2, 0.25) is 5.13 Å². The monoisotopic (exact) mass is 326 g/mol. The van der Waals surface area contributed by atoms with Crippen molar-refractivity contribution in [2.75, 3.05) is 5.32 Å². The maximum Gasteiger partial charge on any atom is 0.263 e. The second-order valence-corrected chi connectivity index (χ2v) is 6.10. The van der Waals surface area contributed by atoms with Gasteiger partial charge in [-0.1, -0.05) is 43.2 Å². The van der Waals surface area contributed by atoms with Gasteiger partial charge < -0.3 is 4.98 Å². The highest BCUT2D eigenvalue weighted by atomic mass is 35.5. The van der Waals surface area contributed by atoms with Crippen molar-refractivity contribution in [1.82, 2.24) is 15.2 Å². The minimum absolute atomic E-state index is 0.0548. The molecule has 0 bridgehead atoms. The summed E-state index contributed by atoms with van der Waals surface area (Å²) in [5.74, 6) is -0.252. The van der Waals surface area contributed by atoms with Crippen LogP contribution in [0.15, 0.2) is 17.1 Å². The minimum Gasteiger partial charge on any atom is -0.327 e. The summed E-state index contributed by atoms with van der Waals surface area (Å²) in [4.78, 5) is 26.0. The zero-order chi connectivity index (χ0) is 15.4. The van der Waals surface area contributed by atoms with E-state index in [2.05, 4.69) is 34.3 Å². The fourth-order valence-corrected chi connectivity index (χ4v) is 2.82. The van der Waals surface area contributed by atoms with Gasteiger partial charge in [0.25, 0.3) is 11.5 Å². The highest BCUT2D eigenvalue weighted by Gasteiger charge is 2.16. The number of anilines is 1. The van der Waals surface area contributed by atoms with Gasteiger partial charge in [0.05, 0.1) is 5.02 Å². The molecule has 2 aromatic rings.